The van der Waals surface area contributed by atoms with E-state index in [1.807, 2.05) is 4.90 Å². The molecule has 0 spiro atoms. The molecule has 0 aromatic rings. The Balaban J connectivity index is 2.14. The van der Waals surface area contributed by atoms with Gasteiger partial charge >= 0.3 is 5.97 Å². The minimum absolute atomic E-state index is 0.125. The molecule has 1 heterocycles. The van der Waals surface area contributed by atoms with Crippen LogP contribution in [0.15, 0.2) is 0 Å². The summed E-state index contributed by atoms with van der Waals surface area (Å²) in [5.74, 6) is -0.613. The van der Waals surface area contributed by atoms with E-state index in [0.29, 0.717) is 6.42 Å². The van der Waals surface area contributed by atoms with Crippen molar-refractivity contribution in [2.24, 2.45) is 0 Å². The van der Waals surface area contributed by atoms with Gasteiger partial charge in [0.05, 0.1) is 0 Å². The summed E-state index contributed by atoms with van der Waals surface area (Å²) in [5.41, 5.74) is 0. The van der Waals surface area contributed by atoms with Gasteiger partial charge in [0.15, 0.2) is 0 Å². The number of hydrogen-bond donors (Lipinski definition) is 1. The highest BCUT2D eigenvalue weighted by Gasteiger charge is 2.17. The molecular formula is C10H18N2O3. The Morgan fingerprint density at radius 2 is 1.80 bits per heavy atom. The van der Waals surface area contributed by atoms with Gasteiger partial charge in [0.25, 0.3) is 0 Å². The number of piperazine rings is 1. The molecule has 15 heavy (non-hydrogen) atoms. The Bertz CT molecular complexity index is 232. The molecule has 1 rings (SSSR count). The summed E-state index contributed by atoms with van der Waals surface area (Å²) < 4.78 is 0. The van der Waals surface area contributed by atoms with Crippen LogP contribution < -0.4 is 0 Å². The van der Waals surface area contributed by atoms with Crippen molar-refractivity contribution in [1.29, 1.82) is 0 Å². The first-order chi connectivity index (χ1) is 7.09. The number of rotatable bonds is 4. The van der Waals surface area contributed by atoms with Gasteiger partial charge in [0.1, 0.15) is 0 Å². The Labute approximate surface area is 89.7 Å². The summed E-state index contributed by atoms with van der Waals surface area (Å²) in [6.45, 7) is 5.65. The van der Waals surface area contributed by atoms with Crippen LogP contribution in [0.5, 0.6) is 0 Å². The molecular weight excluding hydrogens is 196 g/mol. The zero-order valence-electron chi connectivity index (χ0n) is 9.11. The second kappa shape index (κ2) is 5.70. The lowest BCUT2D eigenvalue weighted by Gasteiger charge is -2.34. The SMILES string of the molecule is CC(=O)N1CCN(CCCC(=O)O)CC1. The zero-order valence-corrected chi connectivity index (χ0v) is 9.11. The van der Waals surface area contributed by atoms with E-state index in [9.17, 15) is 9.59 Å². The number of carbonyl (C=O) groups excluding carboxylic acids is 1. The third kappa shape index (κ3) is 4.29. The first-order valence-corrected chi connectivity index (χ1v) is 5.29. The van der Waals surface area contributed by atoms with Crippen LogP contribution >= 0.6 is 0 Å². The highest BCUT2D eigenvalue weighted by atomic mass is 16.4. The lowest BCUT2D eigenvalue weighted by atomic mass is 10.2. The second-order valence-electron chi connectivity index (χ2n) is 3.84. The standard InChI is InChI=1S/C10H18N2O3/c1-9(13)12-7-5-11(6-8-12)4-2-3-10(14)15/h2-8H2,1H3,(H,14,15). The van der Waals surface area contributed by atoms with Gasteiger partial charge in [-0.1, -0.05) is 0 Å². The van der Waals surface area contributed by atoms with E-state index in [0.717, 1.165) is 32.7 Å². The van der Waals surface area contributed by atoms with Crippen LogP contribution in [0.2, 0.25) is 0 Å². The Hall–Kier alpha value is -1.10. The van der Waals surface area contributed by atoms with Gasteiger partial charge in [-0.05, 0) is 13.0 Å². The van der Waals surface area contributed by atoms with Gasteiger partial charge in [0.2, 0.25) is 5.91 Å². The van der Waals surface area contributed by atoms with Crippen molar-refractivity contribution in [2.75, 3.05) is 32.7 Å². The Morgan fingerprint density at radius 1 is 1.20 bits per heavy atom. The number of carboxylic acid groups (broad SMARTS) is 1. The van der Waals surface area contributed by atoms with E-state index < -0.39 is 5.97 Å². The van der Waals surface area contributed by atoms with Crippen molar-refractivity contribution < 1.29 is 14.7 Å². The van der Waals surface area contributed by atoms with E-state index in [-0.39, 0.29) is 12.3 Å². The molecule has 0 radical (unpaired) electrons. The molecule has 86 valence electrons. The molecule has 0 aromatic carbocycles. The minimum atomic E-state index is -0.739. The lowest BCUT2D eigenvalue weighted by Crippen LogP contribution is -2.48. The molecule has 0 unspecified atom stereocenters. The molecule has 0 aliphatic carbocycles. The van der Waals surface area contributed by atoms with Crippen LogP contribution in [0.4, 0.5) is 0 Å². The molecule has 1 amide bonds. The fraction of sp³-hybridized carbons (Fsp3) is 0.800. The summed E-state index contributed by atoms with van der Waals surface area (Å²) in [6, 6.07) is 0. The summed E-state index contributed by atoms with van der Waals surface area (Å²) in [6.07, 6.45) is 0.919. The van der Waals surface area contributed by atoms with Crippen LogP contribution in [-0.2, 0) is 9.59 Å². The van der Waals surface area contributed by atoms with Crippen molar-refractivity contribution >= 4 is 11.9 Å². The smallest absolute Gasteiger partial charge is 0.303 e. The van der Waals surface area contributed by atoms with E-state index in [2.05, 4.69) is 4.90 Å². The maximum atomic E-state index is 11.0. The van der Waals surface area contributed by atoms with Crippen LogP contribution in [0, 0.1) is 0 Å². The lowest BCUT2D eigenvalue weighted by molar-refractivity contribution is -0.137. The quantitative estimate of drug-likeness (QED) is 0.716. The van der Waals surface area contributed by atoms with Gasteiger partial charge in [-0.2, -0.15) is 0 Å². The second-order valence-corrected chi connectivity index (χ2v) is 3.84. The predicted molar refractivity (Wildman–Crippen MR) is 55.6 cm³/mol. The summed E-state index contributed by atoms with van der Waals surface area (Å²) in [5, 5.41) is 8.49. The van der Waals surface area contributed by atoms with Crippen LogP contribution in [0.1, 0.15) is 19.8 Å². The number of carbonyl (C=O) groups is 2. The van der Waals surface area contributed by atoms with E-state index in [1.165, 1.54) is 0 Å². The van der Waals surface area contributed by atoms with E-state index in [1.54, 1.807) is 6.92 Å². The van der Waals surface area contributed by atoms with Gasteiger partial charge in [-0.3, -0.25) is 14.5 Å². The Kier molecular flexibility index (Phi) is 4.55. The first kappa shape index (κ1) is 12.0. The van der Waals surface area contributed by atoms with Crippen LogP contribution in [-0.4, -0.2) is 59.5 Å². The number of aliphatic carboxylic acids is 1. The van der Waals surface area contributed by atoms with Crippen molar-refractivity contribution in [3.8, 4) is 0 Å². The number of nitrogens with zero attached hydrogens (tertiary/aromatic N) is 2. The number of amides is 1. The first-order valence-electron chi connectivity index (χ1n) is 5.29. The summed E-state index contributed by atoms with van der Waals surface area (Å²) in [4.78, 5) is 25.4. The monoisotopic (exact) mass is 214 g/mol. The fourth-order valence-corrected chi connectivity index (χ4v) is 1.74. The molecule has 1 aliphatic rings. The van der Waals surface area contributed by atoms with Gasteiger partial charge in [-0.25, -0.2) is 0 Å². The van der Waals surface area contributed by atoms with Crippen LogP contribution in [0.25, 0.3) is 0 Å². The third-order valence-electron chi connectivity index (χ3n) is 2.68. The average molecular weight is 214 g/mol. The van der Waals surface area contributed by atoms with E-state index >= 15 is 0 Å². The number of hydrogen-bond acceptors (Lipinski definition) is 3. The van der Waals surface area contributed by atoms with E-state index in [4.69, 9.17) is 5.11 Å². The molecule has 1 fully saturated rings. The molecule has 0 atom stereocenters. The highest BCUT2D eigenvalue weighted by Crippen LogP contribution is 2.03. The maximum absolute atomic E-state index is 11.0. The highest BCUT2D eigenvalue weighted by molar-refractivity contribution is 5.73. The number of carboxylic acids is 1. The third-order valence-corrected chi connectivity index (χ3v) is 2.68. The molecule has 0 aromatic heterocycles. The molecule has 1 aliphatic heterocycles. The molecule has 0 bridgehead atoms. The summed E-state index contributed by atoms with van der Waals surface area (Å²) >= 11 is 0. The molecule has 1 saturated heterocycles. The maximum Gasteiger partial charge on any atom is 0.303 e. The van der Waals surface area contributed by atoms with Gasteiger partial charge < -0.3 is 10.0 Å². The van der Waals surface area contributed by atoms with Gasteiger partial charge in [-0.15, -0.1) is 0 Å². The molecule has 5 nitrogen and oxygen atoms in total. The predicted octanol–water partition coefficient (Wildman–Crippen LogP) is 0.0153. The molecule has 0 saturated carbocycles. The zero-order chi connectivity index (χ0) is 11.3. The summed E-state index contributed by atoms with van der Waals surface area (Å²) in [7, 11) is 0. The fourth-order valence-electron chi connectivity index (χ4n) is 1.74. The van der Waals surface area contributed by atoms with Gasteiger partial charge in [0, 0.05) is 39.5 Å². The minimum Gasteiger partial charge on any atom is -0.481 e. The van der Waals surface area contributed by atoms with Crippen molar-refractivity contribution in [3.63, 3.8) is 0 Å². The van der Waals surface area contributed by atoms with Crippen molar-refractivity contribution in [3.05, 3.63) is 0 Å². The molecule has 5 heteroatoms. The topological polar surface area (TPSA) is 60.9 Å². The normalized spacial score (nSPS) is 17.8. The van der Waals surface area contributed by atoms with Crippen molar-refractivity contribution in [1.82, 2.24) is 9.80 Å². The Morgan fingerprint density at radius 3 is 2.27 bits per heavy atom. The largest absolute Gasteiger partial charge is 0.481 e. The molecule has 1 N–H and O–H groups in total. The van der Waals surface area contributed by atoms with Crippen molar-refractivity contribution in [2.45, 2.75) is 19.8 Å². The average Bonchev–Trinajstić information content (AvgIpc) is 2.18. The van der Waals surface area contributed by atoms with Crippen LogP contribution in [0.3, 0.4) is 0 Å².